The maximum absolute atomic E-state index is 13.0. The monoisotopic (exact) mass is 453 g/mol. The van der Waals surface area contributed by atoms with Crippen molar-refractivity contribution >= 4 is 5.97 Å². The molecule has 1 saturated carbocycles. The number of piperidine rings is 1. The smallest absolute Gasteiger partial charge is 0.306 e. The molecule has 1 spiro atoms. The van der Waals surface area contributed by atoms with E-state index in [0.29, 0.717) is 24.3 Å². The molecule has 6 heteroatoms. The molecule has 5 aliphatic rings. The SMILES string of the molecule is COCOc1ccc2c3c1O[C@H]1[C@@H](OC(=O)CC4CCCCC4)C=C[C@H]4[C@@H](C2)N(C)CC[C@@]341. The summed E-state index contributed by atoms with van der Waals surface area (Å²) in [5.74, 6) is 2.29. The molecular formula is C27H35NO5. The molecule has 0 N–H and O–H groups in total. The molecule has 1 saturated heterocycles. The molecule has 2 aliphatic heterocycles. The quantitative estimate of drug-likeness (QED) is 0.369. The second kappa shape index (κ2) is 8.31. The number of carbonyl (C=O) groups is 1. The van der Waals surface area contributed by atoms with Gasteiger partial charge in [0.2, 0.25) is 0 Å². The van der Waals surface area contributed by atoms with Crippen LogP contribution in [-0.2, 0) is 26.1 Å². The molecule has 6 nitrogen and oxygen atoms in total. The number of likely N-dealkylation sites (tertiary alicyclic amines) is 1. The van der Waals surface area contributed by atoms with Gasteiger partial charge in [-0.1, -0.05) is 31.4 Å². The fraction of sp³-hybridized carbons (Fsp3) is 0.667. The first-order valence-corrected chi connectivity index (χ1v) is 12.6. The Kier molecular flexibility index (Phi) is 5.41. The summed E-state index contributed by atoms with van der Waals surface area (Å²) in [4.78, 5) is 15.5. The zero-order valence-corrected chi connectivity index (χ0v) is 19.8. The average Bonchev–Trinajstić information content (AvgIpc) is 3.17. The number of ether oxygens (including phenoxy) is 4. The van der Waals surface area contributed by atoms with Crippen LogP contribution in [0.5, 0.6) is 11.5 Å². The first-order chi connectivity index (χ1) is 16.1. The molecule has 33 heavy (non-hydrogen) atoms. The third-order valence-electron chi connectivity index (χ3n) is 8.89. The van der Waals surface area contributed by atoms with Crippen molar-refractivity contribution in [2.45, 2.75) is 75.0 Å². The maximum atomic E-state index is 13.0. The Labute approximate surface area is 196 Å². The number of esters is 1. The highest BCUT2D eigenvalue weighted by Crippen LogP contribution is 2.62. The minimum absolute atomic E-state index is 0.0812. The molecule has 0 aromatic heterocycles. The van der Waals surface area contributed by atoms with Crippen molar-refractivity contribution in [2.24, 2.45) is 11.8 Å². The Morgan fingerprint density at radius 1 is 1.21 bits per heavy atom. The van der Waals surface area contributed by atoms with Crippen LogP contribution in [0.2, 0.25) is 0 Å². The first-order valence-electron chi connectivity index (χ1n) is 12.6. The lowest BCUT2D eigenvalue weighted by atomic mass is 9.53. The summed E-state index contributed by atoms with van der Waals surface area (Å²) in [6.45, 7) is 1.19. The topological polar surface area (TPSA) is 57.2 Å². The molecule has 2 heterocycles. The highest BCUT2D eigenvalue weighted by atomic mass is 16.7. The van der Waals surface area contributed by atoms with Crippen molar-refractivity contribution in [1.82, 2.24) is 4.90 Å². The van der Waals surface area contributed by atoms with E-state index in [1.54, 1.807) is 7.11 Å². The highest BCUT2D eigenvalue weighted by Gasteiger charge is 2.65. The second-order valence-electron chi connectivity index (χ2n) is 10.6. The van der Waals surface area contributed by atoms with E-state index in [1.165, 1.54) is 30.4 Å². The molecule has 1 aromatic rings. The molecule has 0 amide bonds. The largest absolute Gasteiger partial charge is 0.481 e. The molecule has 2 bridgehead atoms. The van der Waals surface area contributed by atoms with Gasteiger partial charge in [-0.05, 0) is 62.9 Å². The molecular weight excluding hydrogens is 418 g/mol. The van der Waals surface area contributed by atoms with Gasteiger partial charge in [-0.25, -0.2) is 0 Å². The second-order valence-corrected chi connectivity index (χ2v) is 10.6. The Balaban J connectivity index is 1.34. The molecule has 2 fully saturated rings. The predicted molar refractivity (Wildman–Crippen MR) is 123 cm³/mol. The van der Waals surface area contributed by atoms with Gasteiger partial charge in [-0.15, -0.1) is 0 Å². The van der Waals surface area contributed by atoms with Crippen LogP contribution in [0.4, 0.5) is 0 Å². The third kappa shape index (κ3) is 3.32. The lowest BCUT2D eigenvalue weighted by molar-refractivity contribution is -0.156. The summed E-state index contributed by atoms with van der Waals surface area (Å²) in [5, 5.41) is 0. The van der Waals surface area contributed by atoms with Gasteiger partial charge in [0.1, 0.15) is 6.10 Å². The van der Waals surface area contributed by atoms with Crippen molar-refractivity contribution in [1.29, 1.82) is 0 Å². The number of carbonyl (C=O) groups excluding carboxylic acids is 1. The summed E-state index contributed by atoms with van der Waals surface area (Å²) in [5.41, 5.74) is 2.46. The predicted octanol–water partition coefficient (Wildman–Crippen LogP) is 4.00. The van der Waals surface area contributed by atoms with Crippen LogP contribution in [-0.4, -0.2) is 56.6 Å². The van der Waals surface area contributed by atoms with Gasteiger partial charge >= 0.3 is 5.97 Å². The van der Waals surface area contributed by atoms with E-state index in [9.17, 15) is 4.79 Å². The van der Waals surface area contributed by atoms with E-state index < -0.39 is 0 Å². The van der Waals surface area contributed by atoms with Crippen LogP contribution >= 0.6 is 0 Å². The number of benzene rings is 1. The molecule has 6 rings (SSSR count). The van der Waals surface area contributed by atoms with E-state index >= 15 is 0 Å². The Morgan fingerprint density at radius 3 is 2.88 bits per heavy atom. The normalized spacial score (nSPS) is 34.5. The van der Waals surface area contributed by atoms with Gasteiger partial charge in [-0.3, -0.25) is 4.79 Å². The number of rotatable bonds is 6. The van der Waals surface area contributed by atoms with E-state index in [-0.39, 0.29) is 30.4 Å². The summed E-state index contributed by atoms with van der Waals surface area (Å²) >= 11 is 0. The van der Waals surface area contributed by atoms with Crippen molar-refractivity contribution in [2.75, 3.05) is 27.5 Å². The van der Waals surface area contributed by atoms with Crippen molar-refractivity contribution < 1.29 is 23.7 Å². The maximum Gasteiger partial charge on any atom is 0.306 e. The van der Waals surface area contributed by atoms with Crippen LogP contribution in [0, 0.1) is 11.8 Å². The molecule has 0 unspecified atom stereocenters. The number of likely N-dealkylation sites (N-methyl/N-ethyl adjacent to an activating group) is 1. The van der Waals surface area contributed by atoms with E-state index in [2.05, 4.69) is 30.2 Å². The minimum atomic E-state index is -0.366. The van der Waals surface area contributed by atoms with Crippen LogP contribution in [0.3, 0.4) is 0 Å². The first kappa shape index (κ1) is 21.5. The van der Waals surface area contributed by atoms with Crippen molar-refractivity contribution in [3.8, 4) is 11.5 Å². The highest BCUT2D eigenvalue weighted by molar-refractivity contribution is 5.70. The Morgan fingerprint density at radius 2 is 2.06 bits per heavy atom. The van der Waals surface area contributed by atoms with E-state index in [0.717, 1.165) is 43.7 Å². The minimum Gasteiger partial charge on any atom is -0.481 e. The fourth-order valence-electron chi connectivity index (χ4n) is 7.37. The summed E-state index contributed by atoms with van der Waals surface area (Å²) in [6, 6.07) is 4.64. The molecule has 1 aromatic carbocycles. The van der Waals surface area contributed by atoms with Crippen LogP contribution < -0.4 is 9.47 Å². The van der Waals surface area contributed by atoms with Gasteiger partial charge in [0.15, 0.2) is 24.4 Å². The summed E-state index contributed by atoms with van der Waals surface area (Å²) in [6.07, 6.45) is 12.4. The zero-order chi connectivity index (χ0) is 22.6. The number of hydrogen-bond donors (Lipinski definition) is 0. The lowest BCUT2D eigenvalue weighted by Gasteiger charge is -2.56. The van der Waals surface area contributed by atoms with Gasteiger partial charge in [0.05, 0.1) is 0 Å². The Bertz CT molecular complexity index is 954. The average molecular weight is 454 g/mol. The third-order valence-corrected chi connectivity index (χ3v) is 8.89. The summed E-state index contributed by atoms with van der Waals surface area (Å²) < 4.78 is 23.9. The van der Waals surface area contributed by atoms with Gasteiger partial charge in [0, 0.05) is 36.5 Å². The van der Waals surface area contributed by atoms with E-state index in [1.807, 2.05) is 6.07 Å². The summed E-state index contributed by atoms with van der Waals surface area (Å²) in [7, 11) is 3.86. The molecule has 0 radical (unpaired) electrons. The fourth-order valence-corrected chi connectivity index (χ4v) is 7.37. The van der Waals surface area contributed by atoms with Crippen LogP contribution in [0.1, 0.15) is 56.1 Å². The molecule has 5 atom stereocenters. The van der Waals surface area contributed by atoms with Crippen LogP contribution in [0.25, 0.3) is 0 Å². The number of hydrogen-bond acceptors (Lipinski definition) is 6. The van der Waals surface area contributed by atoms with Gasteiger partial charge in [0.25, 0.3) is 0 Å². The van der Waals surface area contributed by atoms with Crippen molar-refractivity contribution in [3.63, 3.8) is 0 Å². The van der Waals surface area contributed by atoms with Crippen LogP contribution in [0.15, 0.2) is 24.3 Å². The number of nitrogens with zero attached hydrogens (tertiary/aromatic N) is 1. The lowest BCUT2D eigenvalue weighted by Crippen LogP contribution is -2.65. The molecule has 178 valence electrons. The van der Waals surface area contributed by atoms with Gasteiger partial charge < -0.3 is 23.8 Å². The van der Waals surface area contributed by atoms with Gasteiger partial charge in [-0.2, -0.15) is 0 Å². The zero-order valence-electron chi connectivity index (χ0n) is 19.8. The van der Waals surface area contributed by atoms with E-state index in [4.69, 9.17) is 18.9 Å². The standard InChI is InChI=1S/C27H35NO5/c1-28-13-12-27-19-9-11-22(32-23(29)14-17-6-4-3-5-7-17)26(27)33-25-21(31-16-30-2)10-8-18(24(25)27)15-20(19)28/h8-11,17,19-20,22,26H,3-7,12-16H2,1-2H3/t19-,20+,22-,26-,27-/m0/s1. The Hall–Kier alpha value is -2.05. The number of methoxy groups -OCH3 is 1. The van der Waals surface area contributed by atoms with Crippen molar-refractivity contribution in [3.05, 3.63) is 35.4 Å². The molecule has 3 aliphatic carbocycles.